The van der Waals surface area contributed by atoms with E-state index in [4.69, 9.17) is 23.2 Å². The van der Waals surface area contributed by atoms with E-state index in [-0.39, 0.29) is 5.91 Å². The van der Waals surface area contributed by atoms with Crippen LogP contribution in [0.1, 0.15) is 53.4 Å². The molecular formula is C22H28Cl2N2OS. The summed E-state index contributed by atoms with van der Waals surface area (Å²) in [6, 6.07) is 10.1. The van der Waals surface area contributed by atoms with Gasteiger partial charge in [-0.25, -0.2) is 0 Å². The first-order valence-electron chi connectivity index (χ1n) is 9.89. The Morgan fingerprint density at radius 2 is 1.82 bits per heavy atom. The summed E-state index contributed by atoms with van der Waals surface area (Å²) >= 11 is 14.1. The van der Waals surface area contributed by atoms with Crippen LogP contribution in [-0.4, -0.2) is 31.4 Å². The topological polar surface area (TPSA) is 32.3 Å². The Labute approximate surface area is 182 Å². The van der Waals surface area contributed by atoms with Crippen molar-refractivity contribution in [3.63, 3.8) is 0 Å². The van der Waals surface area contributed by atoms with E-state index in [1.165, 1.54) is 30.6 Å². The predicted molar refractivity (Wildman–Crippen MR) is 120 cm³/mol. The molecule has 1 fully saturated rings. The molecule has 1 aliphatic rings. The molecule has 2 aromatic rings. The van der Waals surface area contributed by atoms with Gasteiger partial charge in [0, 0.05) is 17.5 Å². The van der Waals surface area contributed by atoms with Crippen LogP contribution < -0.4 is 5.32 Å². The Balaban J connectivity index is 1.46. The fourth-order valence-corrected chi connectivity index (χ4v) is 5.94. The van der Waals surface area contributed by atoms with Gasteiger partial charge in [0.2, 0.25) is 0 Å². The summed E-state index contributed by atoms with van der Waals surface area (Å²) in [4.78, 5) is 16.2. The monoisotopic (exact) mass is 438 g/mol. The van der Waals surface area contributed by atoms with Crippen LogP contribution in [0.15, 0.2) is 35.7 Å². The molecule has 1 aliphatic carbocycles. The summed E-state index contributed by atoms with van der Waals surface area (Å²) in [5, 5.41) is 5.95. The maximum atomic E-state index is 12.4. The Hall–Kier alpha value is -1.07. The summed E-state index contributed by atoms with van der Waals surface area (Å²) in [5.41, 5.74) is 0.374. The molecule has 152 valence electrons. The Bertz CT molecular complexity index is 751. The van der Waals surface area contributed by atoms with Crippen LogP contribution in [0.4, 0.5) is 0 Å². The van der Waals surface area contributed by atoms with Crippen LogP contribution in [0.2, 0.25) is 10.0 Å². The van der Waals surface area contributed by atoms with Crippen molar-refractivity contribution in [1.29, 1.82) is 0 Å². The normalized spacial score (nSPS) is 20.9. The third-order valence-electron chi connectivity index (χ3n) is 5.76. The number of hydrogen-bond donors (Lipinski definition) is 1. The number of amides is 1. The van der Waals surface area contributed by atoms with Gasteiger partial charge in [0.15, 0.2) is 0 Å². The fourth-order valence-electron chi connectivity index (χ4n) is 4.35. The Morgan fingerprint density at radius 1 is 1.14 bits per heavy atom. The number of thiophene rings is 1. The number of hydrogen-bond acceptors (Lipinski definition) is 3. The van der Waals surface area contributed by atoms with Crippen LogP contribution in [0.5, 0.6) is 0 Å². The van der Waals surface area contributed by atoms with Crippen molar-refractivity contribution < 1.29 is 4.79 Å². The van der Waals surface area contributed by atoms with E-state index < -0.39 is 0 Å². The van der Waals surface area contributed by atoms with E-state index in [9.17, 15) is 4.79 Å². The maximum absolute atomic E-state index is 12.4. The summed E-state index contributed by atoms with van der Waals surface area (Å²) in [5.74, 6) is 1.19. The molecule has 6 heteroatoms. The lowest BCUT2D eigenvalue weighted by molar-refractivity contribution is 0.0947. The molecule has 1 unspecified atom stereocenters. The van der Waals surface area contributed by atoms with Gasteiger partial charge < -0.3 is 10.2 Å². The van der Waals surface area contributed by atoms with E-state index >= 15 is 0 Å². The van der Waals surface area contributed by atoms with E-state index in [1.54, 1.807) is 18.2 Å². The number of carbonyl (C=O) groups excluding carboxylic acids is 1. The highest BCUT2D eigenvalue weighted by Crippen LogP contribution is 2.41. The number of rotatable bonds is 7. The second kappa shape index (κ2) is 10.1. The van der Waals surface area contributed by atoms with Gasteiger partial charge in [-0.3, -0.25) is 4.79 Å². The first-order chi connectivity index (χ1) is 13.5. The summed E-state index contributed by atoms with van der Waals surface area (Å²) in [6.07, 6.45) is 5.95. The number of halogens is 2. The van der Waals surface area contributed by atoms with E-state index in [1.807, 2.05) is 11.3 Å². The van der Waals surface area contributed by atoms with Crippen LogP contribution in [0.3, 0.4) is 0 Å². The minimum Gasteiger partial charge on any atom is -0.352 e. The van der Waals surface area contributed by atoms with E-state index in [0.29, 0.717) is 40.0 Å². The smallest absolute Gasteiger partial charge is 0.254 e. The second-order valence-corrected chi connectivity index (χ2v) is 9.64. The van der Waals surface area contributed by atoms with Crippen molar-refractivity contribution in [2.24, 2.45) is 11.8 Å². The summed E-state index contributed by atoms with van der Waals surface area (Å²) in [6.45, 7) is 0.664. The van der Waals surface area contributed by atoms with Crippen molar-refractivity contribution in [2.45, 2.75) is 38.1 Å². The molecule has 1 aromatic heterocycles. The number of benzene rings is 1. The van der Waals surface area contributed by atoms with Gasteiger partial charge >= 0.3 is 0 Å². The lowest BCUT2D eigenvalue weighted by Gasteiger charge is -2.37. The van der Waals surface area contributed by atoms with Crippen molar-refractivity contribution >= 4 is 40.4 Å². The van der Waals surface area contributed by atoms with Crippen molar-refractivity contribution in [3.05, 3.63) is 56.2 Å². The van der Waals surface area contributed by atoms with Gasteiger partial charge in [0.1, 0.15) is 0 Å². The van der Waals surface area contributed by atoms with Gasteiger partial charge in [-0.1, -0.05) is 48.2 Å². The third-order valence-corrected chi connectivity index (χ3v) is 7.33. The third kappa shape index (κ3) is 5.29. The quantitative estimate of drug-likeness (QED) is 0.550. The SMILES string of the molecule is CN(C)C(c1cccs1)C1CCC(CCNC(=O)c2c(Cl)cccc2Cl)CC1. The molecule has 1 saturated carbocycles. The van der Waals surface area contributed by atoms with Gasteiger partial charge in [-0.05, 0) is 68.8 Å². The molecule has 1 amide bonds. The molecule has 1 N–H and O–H groups in total. The Kier molecular flexibility index (Phi) is 7.81. The van der Waals surface area contributed by atoms with Crippen LogP contribution in [-0.2, 0) is 0 Å². The standard InChI is InChI=1S/C22H28Cl2N2OS/c1-26(2)21(19-7-4-14-28-19)16-10-8-15(9-11-16)12-13-25-22(27)20-17(23)5-3-6-18(20)24/h3-7,14-16,21H,8-13H2,1-2H3,(H,25,27). The van der Waals surface area contributed by atoms with Gasteiger partial charge in [-0.2, -0.15) is 0 Å². The van der Waals surface area contributed by atoms with E-state index in [0.717, 1.165) is 6.42 Å². The molecule has 1 heterocycles. The zero-order chi connectivity index (χ0) is 20.1. The highest BCUT2D eigenvalue weighted by atomic mass is 35.5. The fraction of sp³-hybridized carbons (Fsp3) is 0.500. The average Bonchev–Trinajstić information content (AvgIpc) is 3.17. The van der Waals surface area contributed by atoms with Crippen LogP contribution in [0.25, 0.3) is 0 Å². The lowest BCUT2D eigenvalue weighted by atomic mass is 9.76. The molecular weight excluding hydrogens is 411 g/mol. The van der Waals surface area contributed by atoms with Crippen LogP contribution in [0, 0.1) is 11.8 Å². The number of carbonyl (C=O) groups is 1. The molecule has 3 nitrogen and oxygen atoms in total. The van der Waals surface area contributed by atoms with Gasteiger partial charge in [-0.15, -0.1) is 11.3 Å². The molecule has 1 aromatic carbocycles. The van der Waals surface area contributed by atoms with Gasteiger partial charge in [0.25, 0.3) is 5.91 Å². The Morgan fingerprint density at radius 3 is 2.39 bits per heavy atom. The molecule has 0 radical (unpaired) electrons. The minimum atomic E-state index is -0.186. The summed E-state index contributed by atoms with van der Waals surface area (Å²) in [7, 11) is 4.37. The molecule has 0 aliphatic heterocycles. The lowest BCUT2D eigenvalue weighted by Crippen LogP contribution is -2.31. The molecule has 3 rings (SSSR count). The van der Waals surface area contributed by atoms with Crippen molar-refractivity contribution in [2.75, 3.05) is 20.6 Å². The van der Waals surface area contributed by atoms with Crippen LogP contribution >= 0.6 is 34.5 Å². The average molecular weight is 439 g/mol. The number of nitrogens with one attached hydrogen (secondary N) is 1. The van der Waals surface area contributed by atoms with Crippen molar-refractivity contribution in [1.82, 2.24) is 10.2 Å². The van der Waals surface area contributed by atoms with Crippen molar-refractivity contribution in [3.8, 4) is 0 Å². The molecule has 0 bridgehead atoms. The molecule has 28 heavy (non-hydrogen) atoms. The first kappa shape index (κ1) is 21.6. The minimum absolute atomic E-state index is 0.186. The predicted octanol–water partition coefficient (Wildman–Crippen LogP) is 6.28. The zero-order valence-corrected chi connectivity index (χ0v) is 18.8. The molecule has 1 atom stereocenters. The second-order valence-electron chi connectivity index (χ2n) is 7.85. The highest BCUT2D eigenvalue weighted by molar-refractivity contribution is 7.10. The first-order valence-corrected chi connectivity index (χ1v) is 11.5. The molecule has 0 saturated heterocycles. The maximum Gasteiger partial charge on any atom is 0.254 e. The molecule has 0 spiro atoms. The largest absolute Gasteiger partial charge is 0.352 e. The highest BCUT2D eigenvalue weighted by Gasteiger charge is 2.30. The van der Waals surface area contributed by atoms with Gasteiger partial charge in [0.05, 0.1) is 15.6 Å². The van der Waals surface area contributed by atoms with E-state index in [2.05, 4.69) is 41.8 Å². The number of nitrogens with zero attached hydrogens (tertiary/aromatic N) is 1. The summed E-state index contributed by atoms with van der Waals surface area (Å²) < 4.78 is 0. The zero-order valence-electron chi connectivity index (χ0n) is 16.5.